The summed E-state index contributed by atoms with van der Waals surface area (Å²) in [6.45, 7) is 5.95. The first-order valence-corrected chi connectivity index (χ1v) is 8.78. The van der Waals surface area contributed by atoms with Crippen molar-refractivity contribution in [1.82, 2.24) is 19.6 Å². The summed E-state index contributed by atoms with van der Waals surface area (Å²) in [5, 5.41) is 4.54. The van der Waals surface area contributed by atoms with Gasteiger partial charge in [-0.2, -0.15) is 5.10 Å². The zero-order chi connectivity index (χ0) is 18.0. The SMILES string of the molecule is CC(CN1CCN(C(=O)c2nn(C)cc2Cl)CC1)c1ccc(F)cc1. The Balaban J connectivity index is 1.54. The lowest BCUT2D eigenvalue weighted by Crippen LogP contribution is -2.49. The molecule has 7 heteroatoms. The second kappa shape index (κ2) is 7.54. The lowest BCUT2D eigenvalue weighted by molar-refractivity contribution is 0.0625. The molecule has 1 aromatic carbocycles. The highest BCUT2D eigenvalue weighted by atomic mass is 35.5. The molecular formula is C18H22ClFN4O. The lowest BCUT2D eigenvalue weighted by atomic mass is 10.0. The molecule has 3 rings (SSSR count). The maximum absolute atomic E-state index is 13.0. The Bertz CT molecular complexity index is 738. The maximum atomic E-state index is 13.0. The number of carbonyl (C=O) groups excluding carboxylic acids is 1. The van der Waals surface area contributed by atoms with Crippen LogP contribution in [0.25, 0.3) is 0 Å². The number of hydrogen-bond donors (Lipinski definition) is 0. The summed E-state index contributed by atoms with van der Waals surface area (Å²) >= 11 is 6.07. The molecule has 1 aliphatic heterocycles. The van der Waals surface area contributed by atoms with Crippen LogP contribution < -0.4 is 0 Å². The third-order valence-electron chi connectivity index (χ3n) is 4.62. The highest BCUT2D eigenvalue weighted by Gasteiger charge is 2.26. The molecule has 1 amide bonds. The Morgan fingerprint density at radius 2 is 1.88 bits per heavy atom. The van der Waals surface area contributed by atoms with Crippen molar-refractivity contribution in [3.8, 4) is 0 Å². The van der Waals surface area contributed by atoms with Crippen LogP contribution in [0.5, 0.6) is 0 Å². The minimum Gasteiger partial charge on any atom is -0.335 e. The molecule has 5 nitrogen and oxygen atoms in total. The van der Waals surface area contributed by atoms with Gasteiger partial charge in [0.2, 0.25) is 0 Å². The lowest BCUT2D eigenvalue weighted by Gasteiger charge is -2.35. The molecule has 1 aliphatic rings. The number of halogens is 2. The molecule has 1 aromatic heterocycles. The van der Waals surface area contributed by atoms with Crippen LogP contribution in [0, 0.1) is 5.82 Å². The number of aromatic nitrogens is 2. The third-order valence-corrected chi connectivity index (χ3v) is 4.89. The summed E-state index contributed by atoms with van der Waals surface area (Å²) in [5.74, 6) is -0.0128. The Hall–Kier alpha value is -1.92. The van der Waals surface area contributed by atoms with Crippen LogP contribution in [-0.4, -0.2) is 58.2 Å². The number of rotatable bonds is 4. The molecule has 0 bridgehead atoms. The van der Waals surface area contributed by atoms with E-state index >= 15 is 0 Å². The highest BCUT2D eigenvalue weighted by molar-refractivity contribution is 6.33. The number of hydrogen-bond acceptors (Lipinski definition) is 3. The summed E-state index contributed by atoms with van der Waals surface area (Å²) in [7, 11) is 1.75. The molecule has 25 heavy (non-hydrogen) atoms. The van der Waals surface area contributed by atoms with Gasteiger partial charge in [-0.25, -0.2) is 4.39 Å². The van der Waals surface area contributed by atoms with Gasteiger partial charge in [0.05, 0.1) is 5.02 Å². The molecule has 0 radical (unpaired) electrons. The summed E-state index contributed by atoms with van der Waals surface area (Å²) in [4.78, 5) is 16.7. The average Bonchev–Trinajstić information content (AvgIpc) is 2.94. The standard InChI is InChI=1S/C18H22ClFN4O/c1-13(14-3-5-15(20)6-4-14)11-23-7-9-24(10-8-23)18(25)17-16(19)12-22(2)21-17/h3-6,12-13H,7-11H2,1-2H3. The van der Waals surface area contributed by atoms with E-state index < -0.39 is 0 Å². The molecule has 1 unspecified atom stereocenters. The maximum Gasteiger partial charge on any atom is 0.276 e. The monoisotopic (exact) mass is 364 g/mol. The molecule has 2 heterocycles. The Kier molecular flexibility index (Phi) is 5.39. The summed E-state index contributed by atoms with van der Waals surface area (Å²) < 4.78 is 14.6. The number of nitrogens with zero attached hydrogens (tertiary/aromatic N) is 4. The van der Waals surface area contributed by atoms with Crippen LogP contribution in [0.1, 0.15) is 28.9 Å². The van der Waals surface area contributed by atoms with Crippen molar-refractivity contribution in [3.05, 3.63) is 52.6 Å². The highest BCUT2D eigenvalue weighted by Crippen LogP contribution is 2.20. The number of aryl methyl sites for hydroxylation is 1. The molecule has 2 aromatic rings. The van der Waals surface area contributed by atoms with E-state index in [1.54, 1.807) is 22.8 Å². The van der Waals surface area contributed by atoms with Gasteiger partial charge in [0.1, 0.15) is 5.82 Å². The van der Waals surface area contributed by atoms with E-state index in [9.17, 15) is 9.18 Å². The van der Waals surface area contributed by atoms with Crippen LogP contribution in [0.15, 0.2) is 30.5 Å². The Morgan fingerprint density at radius 3 is 2.44 bits per heavy atom. The van der Waals surface area contributed by atoms with Gasteiger partial charge in [-0.1, -0.05) is 30.7 Å². The van der Waals surface area contributed by atoms with Crippen molar-refractivity contribution in [2.75, 3.05) is 32.7 Å². The summed E-state index contributed by atoms with van der Waals surface area (Å²) in [5.41, 5.74) is 1.44. The second-order valence-corrected chi connectivity index (χ2v) is 6.95. The van der Waals surface area contributed by atoms with E-state index in [0.29, 0.717) is 29.7 Å². The number of carbonyl (C=O) groups is 1. The van der Waals surface area contributed by atoms with E-state index in [0.717, 1.165) is 25.2 Å². The molecule has 0 aliphatic carbocycles. The summed E-state index contributed by atoms with van der Waals surface area (Å²) in [6.07, 6.45) is 1.63. The van der Waals surface area contributed by atoms with Crippen LogP contribution in [0.3, 0.4) is 0 Å². The van der Waals surface area contributed by atoms with Gasteiger partial charge >= 0.3 is 0 Å². The van der Waals surface area contributed by atoms with Crippen molar-refractivity contribution >= 4 is 17.5 Å². The van der Waals surface area contributed by atoms with Gasteiger partial charge in [0.15, 0.2) is 5.69 Å². The first-order chi connectivity index (χ1) is 11.9. The fraction of sp³-hybridized carbons (Fsp3) is 0.444. The Morgan fingerprint density at radius 1 is 1.24 bits per heavy atom. The van der Waals surface area contributed by atoms with Crippen molar-refractivity contribution in [1.29, 1.82) is 0 Å². The normalized spacial score (nSPS) is 16.9. The molecule has 1 atom stereocenters. The van der Waals surface area contributed by atoms with Gasteiger partial charge < -0.3 is 4.90 Å². The molecule has 0 N–H and O–H groups in total. The second-order valence-electron chi connectivity index (χ2n) is 6.54. The molecule has 0 saturated carbocycles. The van der Waals surface area contributed by atoms with Crippen LogP contribution in [0.4, 0.5) is 4.39 Å². The van der Waals surface area contributed by atoms with E-state index in [-0.39, 0.29) is 11.7 Å². The zero-order valence-corrected chi connectivity index (χ0v) is 15.2. The van der Waals surface area contributed by atoms with Crippen molar-refractivity contribution in [3.63, 3.8) is 0 Å². The molecule has 1 saturated heterocycles. The van der Waals surface area contributed by atoms with Crippen LogP contribution in [-0.2, 0) is 7.05 Å². The predicted molar refractivity (Wildman–Crippen MR) is 95.4 cm³/mol. The van der Waals surface area contributed by atoms with E-state index in [4.69, 9.17) is 11.6 Å². The van der Waals surface area contributed by atoms with E-state index in [1.165, 1.54) is 12.1 Å². The van der Waals surface area contributed by atoms with E-state index in [1.807, 2.05) is 12.1 Å². The Labute approximate surface area is 152 Å². The minimum atomic E-state index is -0.212. The first kappa shape index (κ1) is 17.9. The number of amides is 1. The van der Waals surface area contributed by atoms with Gasteiger partial charge in [-0.3, -0.25) is 14.4 Å². The summed E-state index contributed by atoms with van der Waals surface area (Å²) in [6, 6.07) is 6.67. The third kappa shape index (κ3) is 4.19. The van der Waals surface area contributed by atoms with Crippen LogP contribution >= 0.6 is 11.6 Å². The predicted octanol–water partition coefficient (Wildman–Crippen LogP) is 2.77. The number of benzene rings is 1. The molecule has 0 spiro atoms. The molecule has 134 valence electrons. The minimum absolute atomic E-state index is 0.114. The van der Waals surface area contributed by atoms with E-state index in [2.05, 4.69) is 16.9 Å². The zero-order valence-electron chi connectivity index (χ0n) is 14.5. The van der Waals surface area contributed by atoms with Gasteiger partial charge in [0.25, 0.3) is 5.91 Å². The smallest absolute Gasteiger partial charge is 0.276 e. The van der Waals surface area contributed by atoms with Gasteiger partial charge in [0, 0.05) is 46.0 Å². The van der Waals surface area contributed by atoms with Crippen LogP contribution in [0.2, 0.25) is 5.02 Å². The first-order valence-electron chi connectivity index (χ1n) is 8.40. The van der Waals surface area contributed by atoms with Crippen molar-refractivity contribution in [2.45, 2.75) is 12.8 Å². The molecule has 1 fully saturated rings. The fourth-order valence-corrected chi connectivity index (χ4v) is 3.43. The molecular weight excluding hydrogens is 343 g/mol. The van der Waals surface area contributed by atoms with Crippen molar-refractivity contribution < 1.29 is 9.18 Å². The van der Waals surface area contributed by atoms with Gasteiger partial charge in [-0.15, -0.1) is 0 Å². The van der Waals surface area contributed by atoms with Crippen molar-refractivity contribution in [2.24, 2.45) is 7.05 Å². The quantitative estimate of drug-likeness (QED) is 0.837. The van der Waals surface area contributed by atoms with Gasteiger partial charge in [-0.05, 0) is 23.6 Å². The fourth-order valence-electron chi connectivity index (χ4n) is 3.17. The topological polar surface area (TPSA) is 41.4 Å². The number of piperazine rings is 1. The largest absolute Gasteiger partial charge is 0.335 e. The average molecular weight is 365 g/mol.